The van der Waals surface area contributed by atoms with Crippen LogP contribution in [0.15, 0.2) is 64.6 Å². The van der Waals surface area contributed by atoms with Crippen LogP contribution < -0.4 is 21.3 Å². The van der Waals surface area contributed by atoms with Crippen molar-refractivity contribution in [1.82, 2.24) is 31.1 Å². The first-order valence-corrected chi connectivity index (χ1v) is 29.1. The highest BCUT2D eigenvalue weighted by Gasteiger charge is 2.63. The quantitative estimate of drug-likeness (QED) is 0.0603. The number of aryl methyl sites for hydroxylation is 1. The van der Waals surface area contributed by atoms with Crippen LogP contribution in [-0.4, -0.2) is 170 Å². The van der Waals surface area contributed by atoms with Crippen molar-refractivity contribution in [2.24, 2.45) is 17.8 Å². The van der Waals surface area contributed by atoms with Gasteiger partial charge < -0.3 is 54.5 Å². The zero-order chi connectivity index (χ0) is 59.2. The average Bonchev–Trinajstić information content (AvgIpc) is 3.56. The molecule has 444 valence electrons. The molecule has 4 aliphatic heterocycles. The molecule has 81 heavy (non-hydrogen) atoms. The van der Waals surface area contributed by atoms with E-state index in [1.54, 1.807) is 51.2 Å². The van der Waals surface area contributed by atoms with Gasteiger partial charge in [-0.25, -0.2) is 9.59 Å². The number of thioether (sulfide) groups is 1. The van der Waals surface area contributed by atoms with Gasteiger partial charge in [-0.05, 0) is 102 Å². The van der Waals surface area contributed by atoms with Gasteiger partial charge in [-0.1, -0.05) is 47.5 Å². The van der Waals surface area contributed by atoms with Crippen LogP contribution >= 0.6 is 23.4 Å². The molecule has 4 heterocycles. The zero-order valence-electron chi connectivity index (χ0n) is 47.6. The zero-order valence-corrected chi connectivity index (χ0v) is 49.2. The smallest absolute Gasteiger partial charge is 0.409 e. The van der Waals surface area contributed by atoms with Crippen molar-refractivity contribution in [3.05, 3.63) is 81.3 Å². The summed E-state index contributed by atoms with van der Waals surface area (Å²) < 4.78 is 29.8. The van der Waals surface area contributed by atoms with E-state index in [1.807, 2.05) is 19.1 Å². The monoisotopic (exact) mass is 1170 g/mol. The Balaban J connectivity index is 0.952. The first-order chi connectivity index (χ1) is 38.4. The summed E-state index contributed by atoms with van der Waals surface area (Å²) in [6.45, 7) is 7.81. The summed E-state index contributed by atoms with van der Waals surface area (Å²) in [6, 6.07) is 3.82. The van der Waals surface area contributed by atoms with Crippen molar-refractivity contribution < 1.29 is 71.9 Å². The fourth-order valence-corrected chi connectivity index (χ4v) is 12.3. The largest absolute Gasteiger partial charge is 0.495 e. The van der Waals surface area contributed by atoms with Gasteiger partial charge in [0.05, 0.1) is 19.3 Å². The number of fused-ring (bicyclic) bond motifs is 6. The Morgan fingerprint density at radius 3 is 2.36 bits per heavy atom. The molecule has 0 spiro atoms. The van der Waals surface area contributed by atoms with E-state index in [1.165, 1.54) is 49.8 Å². The molecule has 2 saturated heterocycles. The predicted molar refractivity (Wildman–Crippen MR) is 301 cm³/mol. The molecule has 23 heteroatoms. The van der Waals surface area contributed by atoms with Gasteiger partial charge in [0.2, 0.25) is 29.5 Å². The SMILES string of the molecule is COC1=CC2CC(=C1Cl)N(C)C(=O)C[C@H](OC(=O)[C@H](C)N(C)C(=O)CCSCC(=O)NCCNC(=O)C1CCC(CNC(=O)CCc3ccc(C=O)c(C=O)c3)CC1)C1(C)CC(C)(O1)C1CC(O)(NC(=O)O1)C(OC)/C=C/C=C(\C)C2. The van der Waals surface area contributed by atoms with Crippen LogP contribution in [0, 0.1) is 17.8 Å². The Morgan fingerprint density at radius 2 is 1.68 bits per heavy atom. The van der Waals surface area contributed by atoms with E-state index >= 15 is 0 Å². The van der Waals surface area contributed by atoms with Crippen molar-refractivity contribution >= 4 is 77.5 Å². The standard InChI is InChI=1S/C58H79ClN6O15S/c1-35-10-9-11-45(77-8)58(75)29-47(79-55(74)63-58)57(4)34-56(3,80-57)46(28-51(71)65(6)43-26-39(24-35)27-44(76-7)52(43)59)78-54(73)36(2)64(5)50(70)20-23-81-33-49(69)60-21-22-61-53(72)40-16-13-38(14-17-40)30-62-48(68)19-15-37-12-18-41(31-66)42(25-37)32-67/h9-12,18,25,27,31-32,36,38-40,45-47,75H,13-17,19-24,26,28-30,33-34H2,1-8H3,(H,60,69)(H,61,72)(H,62,68)(H,63,74)/b11-9+,35-10+/t36-,38?,39?,40?,45?,46-,47?,56?,57?,58?/m0/s1. The number of alkyl carbamates (subject to hydrolysis) is 1. The number of likely N-dealkylation sites (N-methyl/N-ethyl adjacent to an activating group) is 1. The first-order valence-electron chi connectivity index (χ1n) is 27.5. The van der Waals surface area contributed by atoms with Gasteiger partial charge in [0, 0.05) is 95.0 Å². The number of amides is 6. The van der Waals surface area contributed by atoms with Crippen molar-refractivity contribution in [3.63, 3.8) is 0 Å². The van der Waals surface area contributed by atoms with Crippen LogP contribution in [0.1, 0.15) is 125 Å². The molecule has 21 nitrogen and oxygen atoms in total. The lowest BCUT2D eigenvalue weighted by Crippen LogP contribution is -2.72. The van der Waals surface area contributed by atoms with Crippen LogP contribution in [0.2, 0.25) is 0 Å². The van der Waals surface area contributed by atoms with Gasteiger partial charge in [-0.15, -0.1) is 0 Å². The lowest BCUT2D eigenvalue weighted by Gasteiger charge is -2.59. The Morgan fingerprint density at radius 1 is 0.975 bits per heavy atom. The molecule has 6 aliphatic rings. The number of allylic oxidation sites excluding steroid dienone is 6. The molecule has 7 rings (SSSR count). The van der Waals surface area contributed by atoms with Crippen LogP contribution in [0.25, 0.3) is 0 Å². The Bertz CT molecular complexity index is 2650. The van der Waals surface area contributed by atoms with Gasteiger partial charge in [0.15, 0.2) is 18.3 Å². The molecule has 3 fully saturated rings. The number of halogens is 1. The molecule has 6 unspecified atom stereocenters. The molecular weight excluding hydrogens is 1090 g/mol. The number of ether oxygens (including phenoxy) is 5. The van der Waals surface area contributed by atoms with E-state index in [0.717, 1.165) is 24.0 Å². The number of nitrogens with zero attached hydrogens (tertiary/aromatic N) is 2. The minimum atomic E-state index is -1.90. The number of hydrogen-bond donors (Lipinski definition) is 5. The molecule has 1 aromatic carbocycles. The number of nitrogens with one attached hydrogen (secondary N) is 4. The van der Waals surface area contributed by atoms with E-state index in [4.69, 9.17) is 35.3 Å². The van der Waals surface area contributed by atoms with Crippen LogP contribution in [0.4, 0.5) is 4.79 Å². The van der Waals surface area contributed by atoms with E-state index < -0.39 is 59.3 Å². The fraction of sp³-hybridized carbons (Fsp3) is 0.603. The summed E-state index contributed by atoms with van der Waals surface area (Å²) in [5.74, 6) is -1.43. The molecule has 0 aromatic heterocycles. The van der Waals surface area contributed by atoms with Crippen molar-refractivity contribution in [3.8, 4) is 0 Å². The minimum Gasteiger partial charge on any atom is -0.495 e. The number of aldehydes is 2. The lowest BCUT2D eigenvalue weighted by atomic mass is 9.72. The number of rotatable bonds is 21. The maximum atomic E-state index is 14.4. The number of carbonyl (C=O) groups is 9. The second kappa shape index (κ2) is 28.8. The topological polar surface area (TPSA) is 275 Å². The van der Waals surface area contributed by atoms with Gasteiger partial charge in [0.25, 0.3) is 0 Å². The number of carbonyl (C=O) groups excluding carboxylic acids is 9. The van der Waals surface area contributed by atoms with Crippen molar-refractivity contribution in [1.29, 1.82) is 0 Å². The number of esters is 1. The number of hydrogen-bond acceptors (Lipinski definition) is 16. The normalized spacial score (nSPS) is 29.1. The third-order valence-electron chi connectivity index (χ3n) is 16.1. The number of benzene rings is 1. The first kappa shape index (κ1) is 64.1. The third kappa shape index (κ3) is 16.8. The molecule has 1 aromatic rings. The van der Waals surface area contributed by atoms with Crippen LogP contribution in [0.3, 0.4) is 0 Å². The van der Waals surface area contributed by atoms with Crippen LogP contribution in [0.5, 0.6) is 0 Å². The summed E-state index contributed by atoms with van der Waals surface area (Å²) in [5.41, 5.74) is -1.55. The Kier molecular flexibility index (Phi) is 22.8. The predicted octanol–water partition coefficient (Wildman–Crippen LogP) is 5.18. The molecular formula is C58H79ClN6O15S. The highest BCUT2D eigenvalue weighted by atomic mass is 35.5. The number of aliphatic hydroxyl groups is 1. The van der Waals surface area contributed by atoms with E-state index in [9.17, 15) is 48.3 Å². The Hall–Kier alpha value is -6.07. The summed E-state index contributed by atoms with van der Waals surface area (Å²) in [7, 11) is 5.97. The molecule has 0 radical (unpaired) electrons. The molecule has 5 N–H and O–H groups in total. The van der Waals surface area contributed by atoms with Gasteiger partial charge in [-0.2, -0.15) is 11.8 Å². The molecule has 6 amide bonds. The fourth-order valence-electron chi connectivity index (χ4n) is 11.2. The Labute approximate surface area is 483 Å². The third-order valence-corrected chi connectivity index (χ3v) is 17.5. The molecule has 2 aliphatic carbocycles. The second-order valence-electron chi connectivity index (χ2n) is 22.2. The maximum absolute atomic E-state index is 14.4. The summed E-state index contributed by atoms with van der Waals surface area (Å²) in [4.78, 5) is 118. The highest BCUT2D eigenvalue weighted by molar-refractivity contribution is 7.99. The van der Waals surface area contributed by atoms with E-state index in [-0.39, 0.29) is 103 Å². The average molecular weight is 1170 g/mol. The molecule has 6 bridgehead atoms. The lowest BCUT2D eigenvalue weighted by molar-refractivity contribution is -0.328. The molecule has 8 atom stereocenters. The van der Waals surface area contributed by atoms with Gasteiger partial charge in [0.1, 0.15) is 46.3 Å². The van der Waals surface area contributed by atoms with E-state index in [2.05, 4.69) is 21.3 Å². The van der Waals surface area contributed by atoms with E-state index in [0.29, 0.717) is 73.8 Å². The highest BCUT2D eigenvalue weighted by Crippen LogP contribution is 2.50. The maximum Gasteiger partial charge on any atom is 0.409 e. The minimum absolute atomic E-state index is 0.00296. The molecule has 1 saturated carbocycles. The number of methoxy groups -OCH3 is 2. The van der Waals surface area contributed by atoms with Crippen molar-refractivity contribution in [2.75, 3.05) is 59.5 Å². The van der Waals surface area contributed by atoms with Gasteiger partial charge in [-0.3, -0.25) is 38.9 Å². The summed E-state index contributed by atoms with van der Waals surface area (Å²) in [5, 5.41) is 23.3. The van der Waals surface area contributed by atoms with Crippen molar-refractivity contribution in [2.45, 2.75) is 146 Å². The summed E-state index contributed by atoms with van der Waals surface area (Å²) in [6.07, 6.45) is 8.49. The van der Waals surface area contributed by atoms with Gasteiger partial charge >= 0.3 is 12.1 Å². The summed E-state index contributed by atoms with van der Waals surface area (Å²) >= 11 is 8.09. The second-order valence-corrected chi connectivity index (χ2v) is 23.7. The van der Waals surface area contributed by atoms with Crippen LogP contribution in [-0.2, 0) is 58.9 Å².